The normalized spacial score (nSPS) is 11.3. The summed E-state index contributed by atoms with van der Waals surface area (Å²) in [6, 6.07) is 6.33. The highest BCUT2D eigenvalue weighted by Crippen LogP contribution is 2.34. The zero-order valence-electron chi connectivity index (χ0n) is 15.4. The maximum absolute atomic E-state index is 12.9. The van der Waals surface area contributed by atoms with E-state index in [0.29, 0.717) is 17.5 Å². The molecular formula is C19H15ClF3N5OS. The van der Waals surface area contributed by atoms with Crippen LogP contribution in [-0.4, -0.2) is 31.4 Å². The van der Waals surface area contributed by atoms with Crippen molar-refractivity contribution in [2.45, 2.75) is 17.9 Å². The van der Waals surface area contributed by atoms with Crippen molar-refractivity contribution in [2.24, 2.45) is 0 Å². The number of benzene rings is 1. The van der Waals surface area contributed by atoms with Crippen LogP contribution in [0.3, 0.4) is 0 Å². The van der Waals surface area contributed by atoms with E-state index < -0.39 is 17.6 Å². The van der Waals surface area contributed by atoms with Crippen molar-refractivity contribution in [3.05, 3.63) is 66.0 Å². The summed E-state index contributed by atoms with van der Waals surface area (Å²) in [6.07, 6.45) is 0.398. The lowest BCUT2D eigenvalue weighted by atomic mass is 10.2. The molecule has 30 heavy (non-hydrogen) atoms. The molecule has 0 spiro atoms. The lowest BCUT2D eigenvalue weighted by Gasteiger charge is -2.12. The van der Waals surface area contributed by atoms with Gasteiger partial charge in [-0.2, -0.15) is 13.2 Å². The molecule has 1 amide bonds. The number of rotatable bonds is 7. The molecule has 0 bridgehead atoms. The van der Waals surface area contributed by atoms with E-state index >= 15 is 0 Å². The first-order valence-corrected chi connectivity index (χ1v) is 9.90. The third-order valence-electron chi connectivity index (χ3n) is 3.85. The minimum Gasteiger partial charge on any atom is -0.324 e. The third-order valence-corrected chi connectivity index (χ3v) is 5.14. The van der Waals surface area contributed by atoms with Crippen LogP contribution < -0.4 is 5.32 Å². The molecule has 11 heteroatoms. The maximum Gasteiger partial charge on any atom is 0.416 e. The minimum absolute atomic E-state index is 0.00929. The number of nitrogens with one attached hydrogen (secondary N) is 1. The smallest absolute Gasteiger partial charge is 0.324 e. The van der Waals surface area contributed by atoms with Crippen LogP contribution in [0.1, 0.15) is 5.56 Å². The van der Waals surface area contributed by atoms with Crippen molar-refractivity contribution < 1.29 is 18.0 Å². The SMILES string of the molecule is C=CCn1c(SCC(=O)Nc2cc(C(F)(F)F)ccc2Cl)nnc1-c1cccnc1. The number of nitrogens with zero attached hydrogens (tertiary/aromatic N) is 4. The van der Waals surface area contributed by atoms with E-state index in [1.807, 2.05) is 6.07 Å². The Labute approximate surface area is 179 Å². The Morgan fingerprint density at radius 1 is 1.30 bits per heavy atom. The van der Waals surface area contributed by atoms with Gasteiger partial charge in [-0.1, -0.05) is 29.4 Å². The molecule has 1 aromatic carbocycles. The summed E-state index contributed by atoms with van der Waals surface area (Å²) in [6.45, 7) is 4.12. The standard InChI is InChI=1S/C19H15ClF3N5OS/c1-2-8-28-17(12-4-3-7-24-10-12)26-27-18(28)30-11-16(29)25-15-9-13(19(21,22)23)5-6-14(15)20/h2-7,9-10H,1,8,11H2,(H,25,29). The van der Waals surface area contributed by atoms with Crippen LogP contribution in [0.2, 0.25) is 5.02 Å². The summed E-state index contributed by atoms with van der Waals surface area (Å²) in [5, 5.41) is 11.1. The molecule has 3 aromatic rings. The number of carbonyl (C=O) groups excluding carboxylic acids is 1. The van der Waals surface area contributed by atoms with Gasteiger partial charge in [0, 0.05) is 24.5 Å². The largest absolute Gasteiger partial charge is 0.416 e. The Balaban J connectivity index is 1.73. The van der Waals surface area contributed by atoms with E-state index in [1.54, 1.807) is 29.1 Å². The van der Waals surface area contributed by atoms with Gasteiger partial charge in [-0.15, -0.1) is 16.8 Å². The molecule has 0 aliphatic heterocycles. The van der Waals surface area contributed by atoms with E-state index in [2.05, 4.69) is 27.1 Å². The highest BCUT2D eigenvalue weighted by atomic mass is 35.5. The number of pyridine rings is 1. The molecule has 0 saturated heterocycles. The minimum atomic E-state index is -4.54. The number of anilines is 1. The van der Waals surface area contributed by atoms with Gasteiger partial charge in [-0.3, -0.25) is 14.3 Å². The first-order chi connectivity index (χ1) is 14.3. The second-order valence-corrected chi connectivity index (χ2v) is 7.33. The molecule has 2 aromatic heterocycles. The van der Waals surface area contributed by atoms with Gasteiger partial charge in [0.05, 0.1) is 22.0 Å². The van der Waals surface area contributed by atoms with E-state index in [4.69, 9.17) is 11.6 Å². The molecule has 2 heterocycles. The van der Waals surface area contributed by atoms with Gasteiger partial charge in [0.2, 0.25) is 5.91 Å². The number of thioether (sulfide) groups is 1. The second kappa shape index (κ2) is 9.31. The van der Waals surface area contributed by atoms with E-state index in [0.717, 1.165) is 35.5 Å². The predicted octanol–water partition coefficient (Wildman–Crippen LogP) is 4.93. The molecular weight excluding hydrogens is 439 g/mol. The molecule has 0 aliphatic rings. The number of hydrogen-bond acceptors (Lipinski definition) is 5. The van der Waals surface area contributed by atoms with Crippen molar-refractivity contribution in [3.8, 4) is 11.4 Å². The van der Waals surface area contributed by atoms with Crippen molar-refractivity contribution >= 4 is 35.0 Å². The van der Waals surface area contributed by atoms with Crippen molar-refractivity contribution in [2.75, 3.05) is 11.1 Å². The number of aromatic nitrogens is 4. The summed E-state index contributed by atoms with van der Waals surface area (Å²) < 4.78 is 40.4. The molecule has 0 fully saturated rings. The first-order valence-electron chi connectivity index (χ1n) is 8.53. The molecule has 0 aliphatic carbocycles. The zero-order valence-corrected chi connectivity index (χ0v) is 16.9. The Kier molecular flexibility index (Phi) is 6.78. The number of halogens is 4. The van der Waals surface area contributed by atoms with Crippen LogP contribution in [0.15, 0.2) is 60.5 Å². The van der Waals surface area contributed by atoms with Gasteiger partial charge >= 0.3 is 6.18 Å². The summed E-state index contributed by atoms with van der Waals surface area (Å²) >= 11 is 7.00. The summed E-state index contributed by atoms with van der Waals surface area (Å²) in [5.41, 5.74) is -0.263. The molecule has 156 valence electrons. The van der Waals surface area contributed by atoms with E-state index in [9.17, 15) is 18.0 Å². The summed E-state index contributed by atoms with van der Waals surface area (Å²) in [5.74, 6) is -0.0707. The van der Waals surface area contributed by atoms with E-state index in [1.165, 1.54) is 0 Å². The lowest BCUT2D eigenvalue weighted by Crippen LogP contribution is -2.16. The fourth-order valence-electron chi connectivity index (χ4n) is 2.51. The van der Waals surface area contributed by atoms with Gasteiger partial charge in [-0.05, 0) is 30.3 Å². The van der Waals surface area contributed by atoms with Crippen LogP contribution in [0.5, 0.6) is 0 Å². The summed E-state index contributed by atoms with van der Waals surface area (Å²) in [4.78, 5) is 16.3. The maximum atomic E-state index is 12.9. The van der Waals surface area contributed by atoms with Gasteiger partial charge < -0.3 is 5.32 Å². The van der Waals surface area contributed by atoms with Gasteiger partial charge in [0.15, 0.2) is 11.0 Å². The van der Waals surface area contributed by atoms with Crippen LogP contribution in [0.25, 0.3) is 11.4 Å². The molecule has 1 N–H and O–H groups in total. The molecule has 3 rings (SSSR count). The lowest BCUT2D eigenvalue weighted by molar-refractivity contribution is -0.137. The van der Waals surface area contributed by atoms with Crippen LogP contribution in [0.4, 0.5) is 18.9 Å². The molecule has 0 unspecified atom stereocenters. The quantitative estimate of drug-likeness (QED) is 0.405. The van der Waals surface area contributed by atoms with Crippen LogP contribution in [-0.2, 0) is 17.5 Å². The first kappa shape index (κ1) is 21.8. The molecule has 0 saturated carbocycles. The Bertz CT molecular complexity index is 1060. The second-order valence-electron chi connectivity index (χ2n) is 5.98. The monoisotopic (exact) mass is 453 g/mol. The fraction of sp³-hybridized carbons (Fsp3) is 0.158. The fourth-order valence-corrected chi connectivity index (χ4v) is 3.42. The molecule has 6 nitrogen and oxygen atoms in total. The van der Waals surface area contributed by atoms with Gasteiger partial charge in [0.1, 0.15) is 0 Å². The van der Waals surface area contributed by atoms with Crippen molar-refractivity contribution in [1.29, 1.82) is 0 Å². The van der Waals surface area contributed by atoms with Gasteiger partial charge in [-0.25, -0.2) is 0 Å². The predicted molar refractivity (Wildman–Crippen MR) is 109 cm³/mol. The van der Waals surface area contributed by atoms with E-state index in [-0.39, 0.29) is 16.5 Å². The number of alkyl halides is 3. The van der Waals surface area contributed by atoms with Crippen LogP contribution in [0, 0.1) is 0 Å². The molecule has 0 radical (unpaired) electrons. The highest BCUT2D eigenvalue weighted by Gasteiger charge is 2.31. The van der Waals surface area contributed by atoms with Crippen molar-refractivity contribution in [1.82, 2.24) is 19.7 Å². The Morgan fingerprint density at radius 2 is 2.10 bits per heavy atom. The van der Waals surface area contributed by atoms with Gasteiger partial charge in [0.25, 0.3) is 0 Å². The number of amides is 1. The number of carbonyl (C=O) groups is 1. The highest BCUT2D eigenvalue weighted by molar-refractivity contribution is 7.99. The topological polar surface area (TPSA) is 72.7 Å². The number of hydrogen-bond donors (Lipinski definition) is 1. The Morgan fingerprint density at radius 3 is 2.77 bits per heavy atom. The molecule has 0 atom stereocenters. The number of allylic oxidation sites excluding steroid dienone is 1. The zero-order chi connectivity index (χ0) is 21.7. The van der Waals surface area contributed by atoms with Crippen LogP contribution >= 0.6 is 23.4 Å². The van der Waals surface area contributed by atoms with Crippen molar-refractivity contribution in [3.63, 3.8) is 0 Å². The summed E-state index contributed by atoms with van der Waals surface area (Å²) in [7, 11) is 0. The average Bonchev–Trinajstić information content (AvgIpc) is 3.11. The third kappa shape index (κ3) is 5.19. The average molecular weight is 454 g/mol. The Hall–Kier alpha value is -2.85.